The highest BCUT2D eigenvalue weighted by atomic mass is 79.9. The van der Waals surface area contributed by atoms with E-state index in [4.69, 9.17) is 21.7 Å². The Morgan fingerprint density at radius 2 is 1.90 bits per heavy atom. The maximum absolute atomic E-state index is 13.0. The third-order valence-electron chi connectivity index (χ3n) is 4.03. The van der Waals surface area contributed by atoms with Gasteiger partial charge >= 0.3 is 0 Å². The SMILES string of the molecule is COc1cc(/C=C2\C(=O)NC(=S)N(c3ccc(Br)cc3)C2=O)ccc1OCC(=O)[O-]. The molecule has 0 spiro atoms. The van der Waals surface area contributed by atoms with E-state index < -0.39 is 24.4 Å². The van der Waals surface area contributed by atoms with Gasteiger partial charge in [-0.3, -0.25) is 19.8 Å². The number of amides is 2. The highest BCUT2D eigenvalue weighted by molar-refractivity contribution is 9.10. The summed E-state index contributed by atoms with van der Waals surface area (Å²) >= 11 is 8.49. The molecule has 1 heterocycles. The minimum Gasteiger partial charge on any atom is -0.546 e. The van der Waals surface area contributed by atoms with E-state index in [2.05, 4.69) is 21.2 Å². The van der Waals surface area contributed by atoms with Crippen LogP contribution in [0.25, 0.3) is 6.08 Å². The molecule has 1 aliphatic heterocycles. The van der Waals surface area contributed by atoms with E-state index in [-0.39, 0.29) is 22.2 Å². The Bertz CT molecular complexity index is 1070. The number of aliphatic carboxylic acids is 1. The number of nitrogens with one attached hydrogen (secondary N) is 1. The number of benzene rings is 2. The average Bonchev–Trinajstić information content (AvgIpc) is 2.71. The summed E-state index contributed by atoms with van der Waals surface area (Å²) in [5.74, 6) is -2.18. The molecule has 0 bridgehead atoms. The van der Waals surface area contributed by atoms with Gasteiger partial charge in [0.2, 0.25) is 0 Å². The number of methoxy groups -OCH3 is 1. The lowest BCUT2D eigenvalue weighted by Gasteiger charge is -2.29. The standard InChI is InChI=1S/C20H15BrN2O6S/c1-28-16-9-11(2-7-15(16)29-10-17(24)25)8-14-18(26)22-20(30)23(19(14)27)13-5-3-12(21)4-6-13/h2-9H,10H2,1H3,(H,24,25)(H,22,26,30)/p-1/b14-8+. The van der Waals surface area contributed by atoms with Crippen molar-refractivity contribution in [3.05, 3.63) is 58.1 Å². The Labute approximate surface area is 185 Å². The summed E-state index contributed by atoms with van der Waals surface area (Å²) in [5, 5.41) is 13.1. The van der Waals surface area contributed by atoms with Gasteiger partial charge in [0.05, 0.1) is 18.8 Å². The van der Waals surface area contributed by atoms with Gasteiger partial charge in [-0.1, -0.05) is 22.0 Å². The van der Waals surface area contributed by atoms with Crippen molar-refractivity contribution >= 4 is 62.8 Å². The van der Waals surface area contributed by atoms with E-state index in [9.17, 15) is 19.5 Å². The zero-order valence-electron chi connectivity index (χ0n) is 15.5. The zero-order chi connectivity index (χ0) is 21.8. The van der Waals surface area contributed by atoms with Crippen molar-refractivity contribution in [2.75, 3.05) is 18.6 Å². The van der Waals surface area contributed by atoms with Crippen LogP contribution in [0.4, 0.5) is 5.69 Å². The van der Waals surface area contributed by atoms with E-state index in [1.54, 1.807) is 30.3 Å². The molecule has 0 saturated carbocycles. The molecule has 1 saturated heterocycles. The van der Waals surface area contributed by atoms with Crippen molar-refractivity contribution in [1.82, 2.24) is 5.32 Å². The number of anilines is 1. The minimum atomic E-state index is -1.38. The van der Waals surface area contributed by atoms with Crippen LogP contribution in [0.2, 0.25) is 0 Å². The van der Waals surface area contributed by atoms with E-state index in [1.165, 1.54) is 30.2 Å². The van der Waals surface area contributed by atoms with Gasteiger partial charge in [0.15, 0.2) is 16.6 Å². The summed E-state index contributed by atoms with van der Waals surface area (Å²) in [7, 11) is 1.38. The molecule has 2 aromatic carbocycles. The van der Waals surface area contributed by atoms with Gasteiger partial charge in [-0.2, -0.15) is 0 Å². The molecule has 0 radical (unpaired) electrons. The molecule has 1 aliphatic rings. The number of hydrogen-bond acceptors (Lipinski definition) is 7. The van der Waals surface area contributed by atoms with Crippen LogP contribution in [0, 0.1) is 0 Å². The summed E-state index contributed by atoms with van der Waals surface area (Å²) in [4.78, 5) is 37.2. The Kier molecular flexibility index (Phi) is 6.48. The van der Waals surface area contributed by atoms with Crippen molar-refractivity contribution < 1.29 is 29.0 Å². The molecular weight excluding hydrogens is 476 g/mol. The molecule has 1 N–H and O–H groups in total. The van der Waals surface area contributed by atoms with Gasteiger partial charge in [-0.25, -0.2) is 0 Å². The van der Waals surface area contributed by atoms with Crippen LogP contribution in [-0.4, -0.2) is 36.6 Å². The Morgan fingerprint density at radius 1 is 1.20 bits per heavy atom. The number of nitrogens with zero attached hydrogens (tertiary/aromatic N) is 1. The maximum atomic E-state index is 13.0. The Balaban J connectivity index is 1.94. The quantitative estimate of drug-likeness (QED) is 0.371. The number of thiocarbonyl (C=S) groups is 1. The summed E-state index contributed by atoms with van der Waals surface area (Å²) in [5.41, 5.74) is 0.842. The van der Waals surface area contributed by atoms with Crippen LogP contribution in [0.3, 0.4) is 0 Å². The second-order valence-electron chi connectivity index (χ2n) is 6.01. The first-order valence-corrected chi connectivity index (χ1v) is 9.68. The van der Waals surface area contributed by atoms with Gasteiger partial charge in [0, 0.05) is 4.47 Å². The second-order valence-corrected chi connectivity index (χ2v) is 7.31. The largest absolute Gasteiger partial charge is 0.546 e. The molecule has 30 heavy (non-hydrogen) atoms. The van der Waals surface area contributed by atoms with Crippen molar-refractivity contribution in [3.8, 4) is 11.5 Å². The van der Waals surface area contributed by atoms with Crippen LogP contribution in [0.1, 0.15) is 5.56 Å². The summed E-state index contributed by atoms with van der Waals surface area (Å²) in [6.07, 6.45) is 1.39. The van der Waals surface area contributed by atoms with Crippen LogP contribution in [0.5, 0.6) is 11.5 Å². The lowest BCUT2D eigenvalue weighted by atomic mass is 10.1. The predicted molar refractivity (Wildman–Crippen MR) is 114 cm³/mol. The van der Waals surface area contributed by atoms with Gasteiger partial charge in [-0.05, 0) is 60.3 Å². The summed E-state index contributed by atoms with van der Waals surface area (Å²) in [6.45, 7) is -0.642. The van der Waals surface area contributed by atoms with Crippen molar-refractivity contribution in [1.29, 1.82) is 0 Å². The molecule has 3 rings (SSSR count). The van der Waals surface area contributed by atoms with Crippen LogP contribution < -0.4 is 24.8 Å². The Hall–Kier alpha value is -3.24. The van der Waals surface area contributed by atoms with Gasteiger partial charge < -0.3 is 19.4 Å². The molecule has 8 nitrogen and oxygen atoms in total. The first-order chi connectivity index (χ1) is 14.3. The molecule has 1 fully saturated rings. The molecular formula is C20H14BrN2O6S-. The van der Waals surface area contributed by atoms with E-state index in [0.29, 0.717) is 11.3 Å². The van der Waals surface area contributed by atoms with Crippen molar-refractivity contribution in [2.24, 2.45) is 0 Å². The first kappa shape index (κ1) is 21.5. The number of halogens is 1. The lowest BCUT2D eigenvalue weighted by molar-refractivity contribution is -0.307. The highest BCUT2D eigenvalue weighted by Gasteiger charge is 2.34. The fourth-order valence-electron chi connectivity index (χ4n) is 2.68. The fourth-order valence-corrected chi connectivity index (χ4v) is 3.22. The average molecular weight is 490 g/mol. The van der Waals surface area contributed by atoms with Gasteiger partial charge in [0.1, 0.15) is 12.2 Å². The number of hydrogen-bond donors (Lipinski definition) is 1. The normalized spacial score (nSPS) is 15.2. The van der Waals surface area contributed by atoms with Gasteiger partial charge in [0.25, 0.3) is 11.8 Å². The predicted octanol–water partition coefficient (Wildman–Crippen LogP) is 1.42. The third kappa shape index (κ3) is 4.66. The van der Waals surface area contributed by atoms with Crippen LogP contribution in [-0.2, 0) is 14.4 Å². The number of rotatable bonds is 6. The maximum Gasteiger partial charge on any atom is 0.270 e. The summed E-state index contributed by atoms with van der Waals surface area (Å²) < 4.78 is 11.1. The number of carboxylic acid groups (broad SMARTS) is 1. The number of carboxylic acids is 1. The topological polar surface area (TPSA) is 108 Å². The number of ether oxygens (including phenoxy) is 2. The molecule has 154 valence electrons. The van der Waals surface area contributed by atoms with Crippen LogP contribution >= 0.6 is 28.1 Å². The smallest absolute Gasteiger partial charge is 0.270 e. The van der Waals surface area contributed by atoms with E-state index >= 15 is 0 Å². The lowest BCUT2D eigenvalue weighted by Crippen LogP contribution is -2.54. The zero-order valence-corrected chi connectivity index (χ0v) is 17.9. The molecule has 0 aromatic heterocycles. The van der Waals surface area contributed by atoms with E-state index in [1.807, 2.05) is 0 Å². The summed E-state index contributed by atoms with van der Waals surface area (Å²) in [6, 6.07) is 11.4. The highest BCUT2D eigenvalue weighted by Crippen LogP contribution is 2.30. The third-order valence-corrected chi connectivity index (χ3v) is 4.84. The second kappa shape index (κ2) is 9.06. The minimum absolute atomic E-state index is 0.0203. The number of carbonyl (C=O) groups is 3. The molecule has 2 amide bonds. The van der Waals surface area contributed by atoms with Crippen LogP contribution in [0.15, 0.2) is 52.5 Å². The van der Waals surface area contributed by atoms with Gasteiger partial charge in [-0.15, -0.1) is 0 Å². The number of carbonyl (C=O) groups excluding carboxylic acids is 3. The molecule has 2 aromatic rings. The molecule has 10 heteroatoms. The van der Waals surface area contributed by atoms with Crippen molar-refractivity contribution in [2.45, 2.75) is 0 Å². The van der Waals surface area contributed by atoms with Crippen molar-refractivity contribution in [3.63, 3.8) is 0 Å². The first-order valence-electron chi connectivity index (χ1n) is 8.48. The molecule has 0 atom stereocenters. The fraction of sp³-hybridized carbons (Fsp3) is 0.100. The monoisotopic (exact) mass is 489 g/mol. The molecule has 0 unspecified atom stereocenters. The molecule has 0 aliphatic carbocycles. The Morgan fingerprint density at radius 3 is 2.53 bits per heavy atom. The van der Waals surface area contributed by atoms with E-state index in [0.717, 1.165) is 4.47 Å².